The average Bonchev–Trinajstić information content (AvgIpc) is 2.73. The minimum atomic E-state index is -2.70. The van der Waals surface area contributed by atoms with Crippen LogP contribution in [0.5, 0.6) is 5.75 Å². The molecule has 7 nitrogen and oxygen atoms in total. The van der Waals surface area contributed by atoms with Crippen molar-refractivity contribution in [3.63, 3.8) is 0 Å². The molecular weight excluding hydrogens is 422 g/mol. The normalized spacial score (nSPS) is 12.3. The lowest BCUT2D eigenvalue weighted by Crippen LogP contribution is -2.42. The van der Waals surface area contributed by atoms with Gasteiger partial charge in [0.2, 0.25) is 5.92 Å². The Bertz CT molecular complexity index is 680. The Kier molecular flexibility index (Phi) is 12.6. The van der Waals surface area contributed by atoms with Crippen molar-refractivity contribution < 1.29 is 33.0 Å². The lowest BCUT2D eigenvalue weighted by Gasteiger charge is -2.23. The molecule has 0 aliphatic heterocycles. The molecule has 2 N–H and O–H groups in total. The van der Waals surface area contributed by atoms with E-state index in [-0.39, 0.29) is 25.5 Å². The van der Waals surface area contributed by atoms with E-state index in [0.717, 1.165) is 18.9 Å². The average molecular weight is 459 g/mol. The topological polar surface area (TPSA) is 88.1 Å². The first-order valence-electron chi connectivity index (χ1n) is 11.1. The summed E-state index contributed by atoms with van der Waals surface area (Å²) in [6.07, 6.45) is 0.786. The van der Waals surface area contributed by atoms with E-state index in [0.29, 0.717) is 44.8 Å². The molecule has 1 unspecified atom stereocenters. The number of aliphatic carboxylic acids is 1. The molecule has 182 valence electrons. The van der Waals surface area contributed by atoms with Gasteiger partial charge in [0.1, 0.15) is 12.4 Å². The number of carbonyl (C=O) groups excluding carboxylic acids is 1. The fourth-order valence-electron chi connectivity index (χ4n) is 3.02. The van der Waals surface area contributed by atoms with Crippen LogP contribution in [-0.2, 0) is 16.0 Å². The molecule has 1 aromatic rings. The summed E-state index contributed by atoms with van der Waals surface area (Å²) >= 11 is 0. The highest BCUT2D eigenvalue weighted by atomic mass is 19.3. The summed E-state index contributed by atoms with van der Waals surface area (Å²) in [5.41, 5.74) is 0.812. The number of carboxylic acid groups (broad SMARTS) is 1. The summed E-state index contributed by atoms with van der Waals surface area (Å²) in [6.45, 7) is 6.42. The van der Waals surface area contributed by atoms with Gasteiger partial charge in [-0.3, -0.25) is 0 Å². The van der Waals surface area contributed by atoms with Crippen LogP contribution in [-0.4, -0.2) is 66.9 Å². The van der Waals surface area contributed by atoms with Crippen molar-refractivity contribution in [2.45, 2.75) is 64.9 Å². The van der Waals surface area contributed by atoms with E-state index in [1.807, 2.05) is 6.92 Å². The number of urea groups is 1. The van der Waals surface area contributed by atoms with Gasteiger partial charge in [0.15, 0.2) is 6.10 Å². The van der Waals surface area contributed by atoms with Crippen molar-refractivity contribution in [2.24, 2.45) is 0 Å². The van der Waals surface area contributed by atoms with Gasteiger partial charge >= 0.3 is 12.0 Å². The van der Waals surface area contributed by atoms with Crippen LogP contribution in [0.3, 0.4) is 0 Å². The molecule has 2 amide bonds. The Labute approximate surface area is 189 Å². The minimum absolute atomic E-state index is 0.202. The number of carboxylic acids is 1. The van der Waals surface area contributed by atoms with Crippen LogP contribution in [0.25, 0.3) is 0 Å². The number of hydrogen-bond donors (Lipinski definition) is 2. The molecule has 0 aromatic heterocycles. The van der Waals surface area contributed by atoms with Gasteiger partial charge in [-0.2, -0.15) is 0 Å². The third-order valence-corrected chi connectivity index (χ3v) is 4.72. The first-order valence-corrected chi connectivity index (χ1v) is 11.1. The summed E-state index contributed by atoms with van der Waals surface area (Å²) in [5.74, 6) is -3.11. The number of unbranched alkanes of at least 4 members (excludes halogenated alkanes) is 1. The Morgan fingerprint density at radius 2 is 1.84 bits per heavy atom. The summed E-state index contributed by atoms with van der Waals surface area (Å²) in [4.78, 5) is 25.1. The van der Waals surface area contributed by atoms with Gasteiger partial charge in [0, 0.05) is 32.5 Å². The number of nitrogens with zero attached hydrogens (tertiary/aromatic N) is 1. The number of hydrogen-bond acceptors (Lipinski definition) is 4. The highest BCUT2D eigenvalue weighted by Crippen LogP contribution is 2.20. The van der Waals surface area contributed by atoms with Crippen molar-refractivity contribution in [1.82, 2.24) is 10.2 Å². The van der Waals surface area contributed by atoms with Crippen LogP contribution in [0.2, 0.25) is 0 Å². The summed E-state index contributed by atoms with van der Waals surface area (Å²) in [5, 5.41) is 12.0. The molecule has 0 spiro atoms. The van der Waals surface area contributed by atoms with E-state index >= 15 is 0 Å². The molecule has 32 heavy (non-hydrogen) atoms. The van der Waals surface area contributed by atoms with E-state index in [1.54, 1.807) is 36.1 Å². The van der Waals surface area contributed by atoms with Gasteiger partial charge < -0.3 is 24.8 Å². The van der Waals surface area contributed by atoms with Crippen molar-refractivity contribution in [1.29, 1.82) is 0 Å². The standard InChI is InChI=1S/C23H36F2N2O5/c1-4-13-26-22(30)27(14-7-6-12-23(3,24)25)15-16-32-19-10-8-18(9-11-19)17-20(21(28)29)31-5-2/h8-11,20H,4-7,12-17H2,1-3H3,(H,26,30)(H,28,29). The molecule has 0 bridgehead atoms. The van der Waals surface area contributed by atoms with Gasteiger partial charge in [-0.1, -0.05) is 19.1 Å². The first kappa shape index (κ1) is 27.6. The van der Waals surface area contributed by atoms with Gasteiger partial charge in [-0.25, -0.2) is 18.4 Å². The zero-order valence-corrected chi connectivity index (χ0v) is 19.2. The van der Waals surface area contributed by atoms with Gasteiger partial charge in [0.25, 0.3) is 0 Å². The largest absolute Gasteiger partial charge is 0.492 e. The smallest absolute Gasteiger partial charge is 0.333 e. The SMILES string of the molecule is CCCNC(=O)N(CCCCC(C)(F)F)CCOc1ccc(CC(OCC)C(=O)O)cc1. The second kappa shape index (κ2) is 14.6. The van der Waals surface area contributed by atoms with E-state index < -0.39 is 18.0 Å². The predicted molar refractivity (Wildman–Crippen MR) is 118 cm³/mol. The zero-order valence-electron chi connectivity index (χ0n) is 19.2. The summed E-state index contributed by atoms with van der Waals surface area (Å²) in [7, 11) is 0. The minimum Gasteiger partial charge on any atom is -0.492 e. The summed E-state index contributed by atoms with van der Waals surface area (Å²) < 4.78 is 36.9. The molecule has 0 radical (unpaired) electrons. The zero-order chi connectivity index (χ0) is 24.0. The van der Waals surface area contributed by atoms with E-state index in [4.69, 9.17) is 9.47 Å². The lowest BCUT2D eigenvalue weighted by molar-refractivity contribution is -0.149. The molecule has 9 heteroatoms. The van der Waals surface area contributed by atoms with Crippen molar-refractivity contribution in [2.75, 3.05) is 32.8 Å². The molecule has 0 aliphatic rings. The Balaban J connectivity index is 2.54. The van der Waals surface area contributed by atoms with Crippen LogP contribution in [0.1, 0.15) is 52.0 Å². The van der Waals surface area contributed by atoms with Gasteiger partial charge in [0.05, 0.1) is 6.54 Å². The fourth-order valence-corrected chi connectivity index (χ4v) is 3.02. The third kappa shape index (κ3) is 11.8. The van der Waals surface area contributed by atoms with Crippen molar-refractivity contribution in [3.8, 4) is 5.75 Å². The number of nitrogens with one attached hydrogen (secondary N) is 1. The van der Waals surface area contributed by atoms with Crippen LogP contribution < -0.4 is 10.1 Å². The molecule has 0 saturated heterocycles. The van der Waals surface area contributed by atoms with Crippen LogP contribution in [0, 0.1) is 0 Å². The second-order valence-corrected chi connectivity index (χ2v) is 7.73. The fraction of sp³-hybridized carbons (Fsp3) is 0.652. The number of carbonyl (C=O) groups is 2. The lowest BCUT2D eigenvalue weighted by atomic mass is 10.1. The second-order valence-electron chi connectivity index (χ2n) is 7.73. The van der Waals surface area contributed by atoms with Crippen molar-refractivity contribution >= 4 is 12.0 Å². The maximum absolute atomic E-state index is 13.0. The van der Waals surface area contributed by atoms with Crippen LogP contribution in [0.15, 0.2) is 24.3 Å². The molecule has 0 fully saturated rings. The quantitative estimate of drug-likeness (QED) is 0.360. The van der Waals surface area contributed by atoms with E-state index in [1.165, 1.54) is 0 Å². The Morgan fingerprint density at radius 1 is 1.16 bits per heavy atom. The molecule has 1 rings (SSSR count). The molecule has 0 aliphatic carbocycles. The molecule has 0 heterocycles. The Morgan fingerprint density at radius 3 is 2.41 bits per heavy atom. The van der Waals surface area contributed by atoms with Gasteiger partial charge in [-0.15, -0.1) is 0 Å². The Hall–Kier alpha value is -2.42. The van der Waals surface area contributed by atoms with E-state index in [2.05, 4.69) is 5.32 Å². The van der Waals surface area contributed by atoms with Crippen molar-refractivity contribution in [3.05, 3.63) is 29.8 Å². The van der Waals surface area contributed by atoms with Crippen LogP contribution in [0.4, 0.5) is 13.6 Å². The number of halogens is 2. The number of rotatable bonds is 16. The number of ether oxygens (including phenoxy) is 2. The van der Waals surface area contributed by atoms with Gasteiger partial charge in [-0.05, 0) is 50.8 Å². The third-order valence-electron chi connectivity index (χ3n) is 4.72. The molecule has 1 atom stereocenters. The monoisotopic (exact) mass is 458 g/mol. The maximum atomic E-state index is 13.0. The molecule has 0 saturated carbocycles. The molecular formula is C23H36F2N2O5. The maximum Gasteiger partial charge on any atom is 0.333 e. The van der Waals surface area contributed by atoms with Crippen LogP contribution >= 0.6 is 0 Å². The number of alkyl halides is 2. The summed E-state index contributed by atoms with van der Waals surface area (Å²) in [6, 6.07) is 6.81. The molecule has 1 aromatic carbocycles. The first-order chi connectivity index (χ1) is 15.2. The predicted octanol–water partition coefficient (Wildman–Crippen LogP) is 4.34. The van der Waals surface area contributed by atoms with E-state index in [9.17, 15) is 23.5 Å². The number of amides is 2. The highest BCUT2D eigenvalue weighted by Gasteiger charge is 2.21. The highest BCUT2D eigenvalue weighted by molar-refractivity contribution is 5.74. The number of benzene rings is 1.